The Hall–Kier alpha value is -0.336. The van der Waals surface area contributed by atoms with Gasteiger partial charge in [-0.1, -0.05) is 24.3 Å². The summed E-state index contributed by atoms with van der Waals surface area (Å²) in [5.41, 5.74) is 1.92. The second-order valence-corrected chi connectivity index (χ2v) is 2.63. The van der Waals surface area contributed by atoms with E-state index < -0.39 is 5.78 Å². The summed E-state index contributed by atoms with van der Waals surface area (Å²) < 4.78 is 0. The third-order valence-electron chi connectivity index (χ3n) is 1.73. The SMILES string of the molecule is Cc1ccccc1CC(=O)[C-]=O.[Y]. The van der Waals surface area contributed by atoms with Crippen molar-refractivity contribution in [2.75, 3.05) is 0 Å². The minimum Gasteiger partial charge on any atom is -0.534 e. The fourth-order valence-electron chi connectivity index (χ4n) is 1.02. The number of benzene rings is 1. The van der Waals surface area contributed by atoms with Crippen LogP contribution in [0.5, 0.6) is 0 Å². The molecular weight excluding hydrogens is 241 g/mol. The smallest absolute Gasteiger partial charge is 0.0196 e. The van der Waals surface area contributed by atoms with Crippen molar-refractivity contribution in [1.82, 2.24) is 0 Å². The Morgan fingerprint density at radius 1 is 1.38 bits per heavy atom. The van der Waals surface area contributed by atoms with Crippen LogP contribution in [-0.4, -0.2) is 12.1 Å². The topological polar surface area (TPSA) is 34.1 Å². The second-order valence-electron chi connectivity index (χ2n) is 2.63. The minimum atomic E-state index is -0.496. The van der Waals surface area contributed by atoms with E-state index in [0.717, 1.165) is 11.1 Å². The quantitative estimate of drug-likeness (QED) is 0.597. The van der Waals surface area contributed by atoms with Gasteiger partial charge in [-0.15, -0.1) is 0 Å². The Bertz CT molecular complexity index is 308. The number of rotatable bonds is 3. The zero-order chi connectivity index (χ0) is 8.97. The molecule has 0 N–H and O–H groups in total. The predicted molar refractivity (Wildman–Crippen MR) is 45.6 cm³/mol. The van der Waals surface area contributed by atoms with Gasteiger partial charge < -0.3 is 9.59 Å². The van der Waals surface area contributed by atoms with Crippen LogP contribution in [0.1, 0.15) is 11.1 Å². The predicted octanol–water partition coefficient (Wildman–Crippen LogP) is 1.21. The molecule has 1 rings (SSSR count). The van der Waals surface area contributed by atoms with E-state index in [4.69, 9.17) is 0 Å². The summed E-state index contributed by atoms with van der Waals surface area (Å²) in [6.45, 7) is 1.91. The standard InChI is InChI=1S/C10H9O2.Y/c1-8-4-2-3-5-9(8)6-10(12)7-11;/h2-5H,6H2,1H3;/q-1;. The molecule has 0 fully saturated rings. The molecular formula is C10H9O2Y-. The van der Waals surface area contributed by atoms with Crippen LogP contribution in [0.15, 0.2) is 24.3 Å². The monoisotopic (exact) mass is 250 g/mol. The maximum absolute atomic E-state index is 10.7. The molecule has 1 aromatic carbocycles. The molecule has 0 aliphatic carbocycles. The van der Waals surface area contributed by atoms with Gasteiger partial charge in [0.1, 0.15) is 0 Å². The molecule has 0 saturated carbocycles. The van der Waals surface area contributed by atoms with Crippen molar-refractivity contribution in [1.29, 1.82) is 0 Å². The molecule has 0 aliphatic heterocycles. The maximum atomic E-state index is 10.7. The van der Waals surface area contributed by atoms with Crippen LogP contribution < -0.4 is 0 Å². The van der Waals surface area contributed by atoms with E-state index >= 15 is 0 Å². The van der Waals surface area contributed by atoms with Crippen molar-refractivity contribution >= 4 is 12.1 Å². The largest absolute Gasteiger partial charge is 0.534 e. The summed E-state index contributed by atoms with van der Waals surface area (Å²) in [5, 5.41) is 0. The third kappa shape index (κ3) is 3.92. The molecule has 3 heteroatoms. The number of hydrogen-bond acceptors (Lipinski definition) is 2. The van der Waals surface area contributed by atoms with Gasteiger partial charge in [0, 0.05) is 44.9 Å². The van der Waals surface area contributed by atoms with Crippen molar-refractivity contribution in [3.8, 4) is 0 Å². The van der Waals surface area contributed by atoms with E-state index in [1.165, 1.54) is 6.29 Å². The average Bonchev–Trinajstić information content (AvgIpc) is 2.09. The summed E-state index contributed by atoms with van der Waals surface area (Å²) in [6, 6.07) is 7.49. The number of hydrogen-bond donors (Lipinski definition) is 0. The van der Waals surface area contributed by atoms with Gasteiger partial charge in [-0.05, 0) is 18.1 Å². The molecule has 1 aromatic rings. The molecule has 0 spiro atoms. The van der Waals surface area contributed by atoms with Gasteiger partial charge in [0.25, 0.3) is 0 Å². The molecule has 0 bridgehead atoms. The fourth-order valence-corrected chi connectivity index (χ4v) is 1.02. The normalized spacial score (nSPS) is 8.69. The summed E-state index contributed by atoms with van der Waals surface area (Å²) in [5.74, 6) is -0.496. The van der Waals surface area contributed by atoms with Crippen molar-refractivity contribution in [3.63, 3.8) is 0 Å². The number of carbonyl (C=O) groups is 1. The van der Waals surface area contributed by atoms with Crippen molar-refractivity contribution in [2.45, 2.75) is 13.3 Å². The minimum absolute atomic E-state index is 0. The van der Waals surface area contributed by atoms with Gasteiger partial charge in [0.05, 0.1) is 0 Å². The Labute approximate surface area is 103 Å². The van der Waals surface area contributed by atoms with Crippen LogP contribution in [0, 0.1) is 6.92 Å². The summed E-state index contributed by atoms with van der Waals surface area (Å²) in [6.07, 6.45) is 1.51. The summed E-state index contributed by atoms with van der Waals surface area (Å²) >= 11 is 0. The van der Waals surface area contributed by atoms with Crippen LogP contribution >= 0.6 is 0 Å². The van der Waals surface area contributed by atoms with Gasteiger partial charge in [0.2, 0.25) is 0 Å². The molecule has 0 atom stereocenters. The molecule has 1 radical (unpaired) electrons. The molecule has 65 valence electrons. The van der Waals surface area contributed by atoms with Gasteiger partial charge >= 0.3 is 0 Å². The van der Waals surface area contributed by atoms with Crippen LogP contribution in [-0.2, 0) is 48.7 Å². The first kappa shape index (κ1) is 12.7. The maximum Gasteiger partial charge on any atom is 0.0196 e. The summed E-state index contributed by atoms with van der Waals surface area (Å²) in [4.78, 5) is 20.7. The van der Waals surface area contributed by atoms with E-state index in [0.29, 0.717) is 0 Å². The molecule has 0 unspecified atom stereocenters. The van der Waals surface area contributed by atoms with E-state index in [9.17, 15) is 9.59 Å². The van der Waals surface area contributed by atoms with Crippen LogP contribution in [0.3, 0.4) is 0 Å². The van der Waals surface area contributed by atoms with E-state index in [1.807, 2.05) is 31.2 Å². The van der Waals surface area contributed by atoms with Gasteiger partial charge in [-0.2, -0.15) is 6.29 Å². The zero-order valence-corrected chi connectivity index (χ0v) is 10.2. The molecule has 0 aliphatic rings. The van der Waals surface area contributed by atoms with Gasteiger partial charge in [-0.25, -0.2) is 0 Å². The van der Waals surface area contributed by atoms with Crippen molar-refractivity contribution in [2.24, 2.45) is 0 Å². The second kappa shape index (κ2) is 6.17. The number of Topliss-reactive ketones (excluding diaryl/α,β-unsaturated/α-hetero) is 1. The molecule has 13 heavy (non-hydrogen) atoms. The van der Waals surface area contributed by atoms with Crippen molar-refractivity contribution in [3.05, 3.63) is 35.4 Å². The first-order chi connectivity index (χ1) is 5.74. The van der Waals surface area contributed by atoms with Crippen LogP contribution in [0.2, 0.25) is 0 Å². The fraction of sp³-hybridized carbons (Fsp3) is 0.200. The van der Waals surface area contributed by atoms with Gasteiger partial charge in [0.15, 0.2) is 0 Å². The Morgan fingerprint density at radius 2 is 2.00 bits per heavy atom. The van der Waals surface area contributed by atoms with E-state index in [2.05, 4.69) is 0 Å². The summed E-state index contributed by atoms with van der Waals surface area (Å²) in [7, 11) is 0. The zero-order valence-electron chi connectivity index (χ0n) is 7.41. The van der Waals surface area contributed by atoms with E-state index in [-0.39, 0.29) is 39.1 Å². The Morgan fingerprint density at radius 3 is 2.54 bits per heavy atom. The molecule has 2 nitrogen and oxygen atoms in total. The van der Waals surface area contributed by atoms with E-state index in [1.54, 1.807) is 0 Å². The first-order valence-corrected chi connectivity index (χ1v) is 3.69. The molecule has 0 amide bonds. The van der Waals surface area contributed by atoms with Crippen LogP contribution in [0.4, 0.5) is 0 Å². The molecule has 0 heterocycles. The first-order valence-electron chi connectivity index (χ1n) is 3.69. The van der Waals surface area contributed by atoms with Gasteiger partial charge in [-0.3, -0.25) is 0 Å². The Kier molecular flexibility index (Phi) is 6.01. The Balaban J connectivity index is 0.00000144. The number of aryl methyl sites for hydroxylation is 1. The third-order valence-corrected chi connectivity index (χ3v) is 1.73. The van der Waals surface area contributed by atoms with Crippen LogP contribution in [0.25, 0.3) is 0 Å². The van der Waals surface area contributed by atoms with Crippen molar-refractivity contribution < 1.29 is 42.3 Å². The average molecular weight is 250 g/mol. The molecule has 0 saturated heterocycles. The number of carbonyl (C=O) groups excluding carboxylic acids is 2. The number of ketones is 1. The molecule has 0 aromatic heterocycles.